The Balaban J connectivity index is 0.000000227. The summed E-state index contributed by atoms with van der Waals surface area (Å²) in [5, 5.41) is 5.80. The number of benzene rings is 2. The minimum absolute atomic E-state index is 0. The zero-order chi connectivity index (χ0) is 62.8. The summed E-state index contributed by atoms with van der Waals surface area (Å²) >= 11 is 0. The van der Waals surface area contributed by atoms with Crippen molar-refractivity contribution in [1.82, 2.24) is 40.4 Å². The van der Waals surface area contributed by atoms with Crippen LogP contribution in [-0.4, -0.2) is 142 Å². The quantitative estimate of drug-likeness (QED) is 0.171. The van der Waals surface area contributed by atoms with Crippen molar-refractivity contribution in [3.8, 4) is 23.3 Å². The number of nitrogens with zero attached hydrogens (tertiary/aromatic N) is 6. The van der Waals surface area contributed by atoms with Crippen LogP contribution >= 0.6 is 0 Å². The van der Waals surface area contributed by atoms with Gasteiger partial charge < -0.3 is 58.4 Å². The number of aryl methyl sites for hydroxylation is 2. The number of ether oxygens (including phenoxy) is 6. The average molecular weight is 1320 g/mol. The zero-order valence-electron chi connectivity index (χ0n) is 54.4. The molecule has 2 N–H and O–H groups in total. The number of hydrogen-bond donors (Lipinski definition) is 2. The first kappa shape index (κ1) is 70.2. The third kappa shape index (κ3) is 15.3. The van der Waals surface area contributed by atoms with Crippen LogP contribution in [0.2, 0.25) is 0 Å². The van der Waals surface area contributed by atoms with E-state index in [1.165, 1.54) is 16.2 Å². The molecule has 5 fully saturated rings. The number of rotatable bonds is 6. The van der Waals surface area contributed by atoms with E-state index in [0.29, 0.717) is 77.7 Å². The molecule has 22 heteroatoms. The van der Waals surface area contributed by atoms with E-state index in [1.807, 2.05) is 98.7 Å². The van der Waals surface area contributed by atoms with Gasteiger partial charge >= 0.3 is 12.2 Å². The fourth-order valence-electron chi connectivity index (χ4n) is 15.0. The fraction of sp³-hybridized carbons (Fsp3) is 0.676. The average Bonchev–Trinajstić information content (AvgIpc) is 1.96. The van der Waals surface area contributed by atoms with Crippen molar-refractivity contribution in [2.24, 2.45) is 46.3 Å². The molecule has 20 nitrogen and oxygen atoms in total. The third-order valence-corrected chi connectivity index (χ3v) is 20.2. The Morgan fingerprint density at radius 3 is 1.53 bits per heavy atom. The topological polar surface area (TPSA) is 240 Å². The Kier molecular flexibility index (Phi) is 23.0. The number of aromatic nitrogens is 4. The molecule has 2 radical (unpaired) electrons. The molecule has 11 rings (SSSR count). The Hall–Kier alpha value is -5.69. The summed E-state index contributed by atoms with van der Waals surface area (Å²) in [5.74, 6) is 2.77. The van der Waals surface area contributed by atoms with E-state index in [9.17, 15) is 28.8 Å². The molecule has 7 aliphatic rings. The van der Waals surface area contributed by atoms with Crippen molar-refractivity contribution >= 4 is 58.6 Å². The van der Waals surface area contributed by atoms with E-state index in [-0.39, 0.29) is 85.9 Å². The summed E-state index contributed by atoms with van der Waals surface area (Å²) < 4.78 is 36.2. The summed E-state index contributed by atoms with van der Waals surface area (Å²) in [5.41, 5.74) is 2.52. The molecule has 4 amide bonds. The Bertz CT molecular complexity index is 3110. The Labute approximate surface area is 554 Å². The van der Waals surface area contributed by atoms with Gasteiger partial charge in [-0.2, -0.15) is 0 Å². The van der Waals surface area contributed by atoms with Crippen molar-refractivity contribution in [2.75, 3.05) is 27.3 Å². The van der Waals surface area contributed by atoms with Crippen molar-refractivity contribution in [3.63, 3.8) is 0 Å². The van der Waals surface area contributed by atoms with Gasteiger partial charge in [-0.15, -0.1) is 0 Å². The normalized spacial score (nSPS) is 30.8. The van der Waals surface area contributed by atoms with E-state index < -0.39 is 65.0 Å². The second kappa shape index (κ2) is 29.5. The SMILES string of the molecule is CC[C@@H]1[C@@H]2CN(C(=O)[C@H](C(C)(C)C)NC(=O)O[C@@H]3CC4CC4[C@H]3CCCCCc3nc4ccc(OC)cc4nc3O2)[C@@H]1[C-]=O.CC[C@@H]1[C@@H]2CN(C(=O)[C@H](C(C)(C)C)NC(=O)O[C@]3(C)CCC[C@H]3CCCCCc3nc4ccc(OC)cc4nc3O2)[C@@H]1[C-]=O.[V].[V]. The van der Waals surface area contributed by atoms with Crippen molar-refractivity contribution in [3.05, 3.63) is 47.8 Å². The monoisotopic (exact) mass is 1310 g/mol. The van der Waals surface area contributed by atoms with Gasteiger partial charge in [-0.1, -0.05) is 106 Å². The van der Waals surface area contributed by atoms with Crippen LogP contribution in [0.25, 0.3) is 22.1 Å². The molecule has 4 aliphatic heterocycles. The number of amides is 4. The van der Waals surface area contributed by atoms with Crippen LogP contribution in [0.15, 0.2) is 36.4 Å². The first-order chi connectivity index (χ1) is 42.1. The Morgan fingerprint density at radius 2 is 1.07 bits per heavy atom. The van der Waals surface area contributed by atoms with Crippen LogP contribution < -0.4 is 29.6 Å². The van der Waals surface area contributed by atoms with Gasteiger partial charge in [0.2, 0.25) is 23.6 Å². The molecule has 0 spiro atoms. The maximum atomic E-state index is 14.2. The van der Waals surface area contributed by atoms with Gasteiger partial charge in [0.05, 0.1) is 49.4 Å². The first-order valence-corrected chi connectivity index (χ1v) is 32.4. The standard InChI is InChI=1S/C34H45N4O6.C34H47N4O6.2V/c1-6-21-27(18-39)38-17-29(21)43-31-25(35-24-13-12-20(42-5)16-26(24)36-31)11-9-7-8-10-22-23-14-19(23)15-28(22)44-33(41)37-30(32(38)40)34(2,3)4;1-7-23-27(20-39)38-19-28(23)43-30-25(35-24-16-15-22(42-6)18-26(24)36-30)14-10-8-9-12-21-13-11-17-34(21,5)44-32(41)37-29(31(38)40)33(2,3)4;;/h12-13,16,19,21-23,27-30H,6-11,14-15,17H2,1-5H3,(H,37,41);15-16,18,21,23,27-29H,7-14,17,19H2,1-6H3,(H,37,41);;/q2*-1;;/t19?,21-,22+,23?,27+,28+,29-,30+;21-,23+,27-,28+,29-,34-;;/m01../s1. The van der Waals surface area contributed by atoms with Gasteiger partial charge in [0.15, 0.2) is 0 Å². The molecule has 488 valence electrons. The molecule has 14 atom stereocenters. The van der Waals surface area contributed by atoms with E-state index >= 15 is 0 Å². The number of carbonyl (C=O) groups is 4. The second-order valence-electron chi connectivity index (χ2n) is 28.1. The number of carbonyl (C=O) groups excluding carboxylic acids is 6. The largest absolute Gasteiger partial charge is 0.540 e. The molecular formula is C68H92N8O12V2-2. The zero-order valence-corrected chi connectivity index (χ0v) is 57.2. The summed E-state index contributed by atoms with van der Waals surface area (Å²) in [4.78, 5) is 103. The van der Waals surface area contributed by atoms with Gasteiger partial charge in [-0.05, 0) is 148 Å². The van der Waals surface area contributed by atoms with Crippen LogP contribution in [-0.2, 0) is 78.6 Å². The van der Waals surface area contributed by atoms with Crippen molar-refractivity contribution < 1.29 is 94.3 Å². The van der Waals surface area contributed by atoms with Gasteiger partial charge in [-0.25, -0.2) is 42.1 Å². The van der Waals surface area contributed by atoms with Gasteiger partial charge in [0.1, 0.15) is 58.9 Å². The second-order valence-corrected chi connectivity index (χ2v) is 28.1. The maximum Gasteiger partial charge on any atom is 0.408 e. The summed E-state index contributed by atoms with van der Waals surface area (Å²) in [6, 6.07) is 7.78. The van der Waals surface area contributed by atoms with E-state index in [2.05, 4.69) is 23.2 Å². The molecule has 6 heterocycles. The molecule has 3 saturated carbocycles. The summed E-state index contributed by atoms with van der Waals surface area (Å²) in [7, 11) is 3.22. The summed E-state index contributed by atoms with van der Waals surface area (Å²) in [6.07, 6.45) is 17.3. The molecule has 2 aromatic carbocycles. The van der Waals surface area contributed by atoms with Crippen molar-refractivity contribution in [2.45, 2.75) is 220 Å². The third-order valence-electron chi connectivity index (χ3n) is 20.2. The number of methoxy groups -OCH3 is 2. The van der Waals surface area contributed by atoms with E-state index in [4.69, 9.17) is 48.4 Å². The summed E-state index contributed by atoms with van der Waals surface area (Å²) in [6.45, 7) is 17.7. The molecule has 2 saturated heterocycles. The van der Waals surface area contributed by atoms with Crippen LogP contribution in [0.1, 0.15) is 170 Å². The van der Waals surface area contributed by atoms with Gasteiger partial charge in [0.25, 0.3) is 0 Å². The Morgan fingerprint density at radius 1 is 0.589 bits per heavy atom. The number of hydrogen-bond acceptors (Lipinski definition) is 16. The fourth-order valence-corrected chi connectivity index (χ4v) is 15.0. The smallest absolute Gasteiger partial charge is 0.408 e. The minimum atomic E-state index is -0.909. The predicted molar refractivity (Wildman–Crippen MR) is 330 cm³/mol. The maximum absolute atomic E-state index is 14.2. The predicted octanol–water partition coefficient (Wildman–Crippen LogP) is 10.6. The van der Waals surface area contributed by atoms with Crippen LogP contribution in [0.3, 0.4) is 0 Å². The minimum Gasteiger partial charge on any atom is -0.540 e. The van der Waals surface area contributed by atoms with Gasteiger partial charge in [-0.3, -0.25) is 9.59 Å². The first-order valence-electron chi connectivity index (χ1n) is 32.4. The number of fused-ring (bicyclic) bond motifs is 12. The molecule has 2 unspecified atom stereocenters. The molecule has 90 heavy (non-hydrogen) atoms. The number of alkyl carbamates (subject to hydrolysis) is 2. The van der Waals surface area contributed by atoms with E-state index in [0.717, 1.165) is 99.5 Å². The number of nitrogens with one attached hydrogen (secondary N) is 2. The molecule has 4 bridgehead atoms. The van der Waals surface area contributed by atoms with Crippen molar-refractivity contribution in [1.29, 1.82) is 0 Å². The molecule has 3 aliphatic carbocycles. The molecule has 4 aromatic rings. The van der Waals surface area contributed by atoms with E-state index in [1.54, 1.807) is 14.2 Å². The molecule has 2 aromatic heterocycles. The van der Waals surface area contributed by atoms with Crippen LogP contribution in [0.4, 0.5) is 9.59 Å². The van der Waals surface area contributed by atoms with Crippen LogP contribution in [0, 0.1) is 46.3 Å². The molecular weight excluding hydrogens is 1220 g/mol. The van der Waals surface area contributed by atoms with Crippen LogP contribution in [0.5, 0.6) is 23.3 Å². The van der Waals surface area contributed by atoms with Gasteiger partial charge in [0, 0.05) is 49.2 Å².